The normalized spacial score (nSPS) is 33.6. The largest absolute Gasteiger partial charge is 0.462 e. The minimum Gasteiger partial charge on any atom is -0.462 e. The molecule has 2 aliphatic rings. The molecule has 1 aliphatic carbocycles. The third-order valence-electron chi connectivity index (χ3n) is 4.85. The van der Waals surface area contributed by atoms with Crippen LogP contribution in [-0.2, 0) is 9.53 Å². The molecule has 0 aromatic heterocycles. The van der Waals surface area contributed by atoms with E-state index in [1.807, 2.05) is 0 Å². The van der Waals surface area contributed by atoms with Crippen LogP contribution in [0.4, 0.5) is 0 Å². The van der Waals surface area contributed by atoms with Crippen LogP contribution in [0.3, 0.4) is 0 Å². The van der Waals surface area contributed by atoms with E-state index in [2.05, 4.69) is 13.2 Å². The summed E-state index contributed by atoms with van der Waals surface area (Å²) >= 11 is 0. The van der Waals surface area contributed by atoms with Gasteiger partial charge in [0.25, 0.3) is 0 Å². The molecule has 0 aromatic carbocycles. The lowest BCUT2D eigenvalue weighted by atomic mass is 9.76. The van der Waals surface area contributed by atoms with Crippen LogP contribution in [0.2, 0.25) is 0 Å². The number of hydrogen-bond donors (Lipinski definition) is 3. The zero-order valence-corrected chi connectivity index (χ0v) is 14.9. The van der Waals surface area contributed by atoms with E-state index in [9.17, 15) is 20.1 Å². The monoisotopic (exact) mass is 348 g/mol. The molecule has 0 spiro atoms. The molecule has 3 N–H and O–H groups in total. The molecule has 5 nitrogen and oxygen atoms in total. The molecule has 0 amide bonds. The Kier molecular flexibility index (Phi) is 6.03. The molecule has 1 saturated carbocycles. The maximum atomic E-state index is 12.3. The number of aliphatic hydroxyl groups excluding tert-OH is 2. The molecule has 0 radical (unpaired) electrons. The quantitative estimate of drug-likeness (QED) is 0.404. The third-order valence-corrected chi connectivity index (χ3v) is 4.85. The van der Waals surface area contributed by atoms with E-state index in [-0.39, 0.29) is 30.8 Å². The second-order valence-electron chi connectivity index (χ2n) is 7.52. The number of rotatable bonds is 2. The second kappa shape index (κ2) is 7.68. The first-order valence-corrected chi connectivity index (χ1v) is 8.60. The van der Waals surface area contributed by atoms with Gasteiger partial charge < -0.3 is 20.1 Å². The van der Waals surface area contributed by atoms with E-state index in [4.69, 9.17) is 4.74 Å². The highest BCUT2D eigenvalue weighted by molar-refractivity contribution is 5.90. The second-order valence-corrected chi connectivity index (χ2v) is 7.52. The average molecular weight is 348 g/mol. The van der Waals surface area contributed by atoms with Gasteiger partial charge in [0.15, 0.2) is 0 Å². The maximum Gasteiger partial charge on any atom is 0.334 e. The predicted molar refractivity (Wildman–Crippen MR) is 95.6 cm³/mol. The summed E-state index contributed by atoms with van der Waals surface area (Å²) in [4.78, 5) is 12.3. The molecule has 1 aliphatic heterocycles. The molecule has 2 fully saturated rings. The standard InChI is InChI=1S/C20H28O5/c1-12-7-8-14-15(6-5-9-20(3,4)24)19(23)25-11-16(14)13(2)10-17(21)18(12)22/h5-6,9,14,16-18,21-22,24H,1-2,7-8,10-11H2,3-4H3/b9-5+,15-6+/t14-,16+,17-,18-/m1/s1. The number of carbonyl (C=O) groups excluding carboxylic acids is 1. The number of carbonyl (C=O) groups is 1. The molecule has 25 heavy (non-hydrogen) atoms. The summed E-state index contributed by atoms with van der Waals surface area (Å²) in [6.07, 6.45) is 4.37. The van der Waals surface area contributed by atoms with Crippen molar-refractivity contribution in [3.05, 3.63) is 48.1 Å². The molecule has 1 saturated heterocycles. The number of fused-ring (bicyclic) bond motifs is 1. The summed E-state index contributed by atoms with van der Waals surface area (Å²) in [5, 5.41) is 30.1. The molecule has 2 rings (SSSR count). The number of hydrogen-bond acceptors (Lipinski definition) is 5. The Morgan fingerprint density at radius 3 is 2.52 bits per heavy atom. The minimum atomic E-state index is -0.990. The fourth-order valence-corrected chi connectivity index (χ4v) is 3.36. The van der Waals surface area contributed by atoms with Gasteiger partial charge in [-0.2, -0.15) is 0 Å². The molecule has 0 unspecified atom stereocenters. The Bertz CT molecular complexity index is 608. The molecule has 0 aromatic rings. The first-order valence-electron chi connectivity index (χ1n) is 8.60. The van der Waals surface area contributed by atoms with Crippen LogP contribution < -0.4 is 0 Å². The number of aliphatic hydroxyl groups is 3. The van der Waals surface area contributed by atoms with Gasteiger partial charge in [-0.05, 0) is 38.7 Å². The van der Waals surface area contributed by atoms with Gasteiger partial charge in [-0.3, -0.25) is 0 Å². The Morgan fingerprint density at radius 2 is 1.88 bits per heavy atom. The summed E-state index contributed by atoms with van der Waals surface area (Å²) in [5.41, 5.74) is 0.874. The van der Waals surface area contributed by atoms with Crippen molar-refractivity contribution in [2.75, 3.05) is 6.61 Å². The summed E-state index contributed by atoms with van der Waals surface area (Å²) in [6.45, 7) is 11.5. The summed E-state index contributed by atoms with van der Waals surface area (Å²) in [5.74, 6) is -0.595. The molecular formula is C20H28O5. The zero-order chi connectivity index (χ0) is 18.8. The topological polar surface area (TPSA) is 87.0 Å². The maximum absolute atomic E-state index is 12.3. The van der Waals surface area contributed by atoms with Crippen LogP contribution in [-0.4, -0.2) is 45.7 Å². The first-order chi connectivity index (χ1) is 11.6. The van der Waals surface area contributed by atoms with Crippen LogP contribution in [0, 0.1) is 11.8 Å². The van der Waals surface area contributed by atoms with Gasteiger partial charge in [-0.15, -0.1) is 0 Å². The number of ether oxygens (including phenoxy) is 1. The smallest absolute Gasteiger partial charge is 0.334 e. The van der Waals surface area contributed by atoms with Crippen LogP contribution >= 0.6 is 0 Å². The van der Waals surface area contributed by atoms with Crippen molar-refractivity contribution in [2.45, 2.75) is 50.9 Å². The van der Waals surface area contributed by atoms with E-state index >= 15 is 0 Å². The van der Waals surface area contributed by atoms with E-state index in [1.165, 1.54) is 0 Å². The van der Waals surface area contributed by atoms with Crippen LogP contribution in [0.25, 0.3) is 0 Å². The lowest BCUT2D eigenvalue weighted by molar-refractivity contribution is -0.144. The Balaban J connectivity index is 2.33. The van der Waals surface area contributed by atoms with Crippen molar-refractivity contribution in [2.24, 2.45) is 11.8 Å². The Labute approximate surface area is 149 Å². The molecule has 5 heteroatoms. The van der Waals surface area contributed by atoms with Crippen molar-refractivity contribution >= 4 is 5.97 Å². The third kappa shape index (κ3) is 4.91. The van der Waals surface area contributed by atoms with E-state index in [1.54, 1.807) is 32.1 Å². The van der Waals surface area contributed by atoms with E-state index < -0.39 is 17.8 Å². The van der Waals surface area contributed by atoms with Crippen LogP contribution in [0.1, 0.15) is 33.1 Å². The van der Waals surface area contributed by atoms with Gasteiger partial charge in [-0.25, -0.2) is 4.79 Å². The highest BCUT2D eigenvalue weighted by Crippen LogP contribution is 2.39. The van der Waals surface area contributed by atoms with Crippen LogP contribution in [0.15, 0.2) is 48.1 Å². The molecule has 138 valence electrons. The van der Waals surface area contributed by atoms with Crippen molar-refractivity contribution in [3.8, 4) is 0 Å². The molecular weight excluding hydrogens is 320 g/mol. The van der Waals surface area contributed by atoms with Crippen molar-refractivity contribution in [1.82, 2.24) is 0 Å². The summed E-state index contributed by atoms with van der Waals surface area (Å²) in [7, 11) is 0. The summed E-state index contributed by atoms with van der Waals surface area (Å²) in [6, 6.07) is 0. The molecule has 4 atom stereocenters. The lowest BCUT2D eigenvalue weighted by Gasteiger charge is -2.34. The molecule has 0 bridgehead atoms. The average Bonchev–Trinajstić information content (AvgIpc) is 2.54. The van der Waals surface area contributed by atoms with E-state index in [0.29, 0.717) is 24.0 Å². The van der Waals surface area contributed by atoms with Gasteiger partial charge in [0.05, 0.1) is 18.3 Å². The van der Waals surface area contributed by atoms with Crippen molar-refractivity contribution in [3.63, 3.8) is 0 Å². The van der Waals surface area contributed by atoms with Crippen molar-refractivity contribution in [1.29, 1.82) is 0 Å². The SMILES string of the molecule is C=C1CC[C@@H]2/C(=C\C=C\C(C)(C)O)C(=O)OC[C@H]2C(=C)C[C@@H](O)[C@@H]1O. The molecule has 1 heterocycles. The fourth-order valence-electron chi connectivity index (χ4n) is 3.36. The van der Waals surface area contributed by atoms with E-state index in [0.717, 1.165) is 5.57 Å². The number of cyclic esters (lactones) is 1. The zero-order valence-electron chi connectivity index (χ0n) is 14.9. The predicted octanol–water partition coefficient (Wildman–Crippen LogP) is 2.05. The fraction of sp³-hybridized carbons (Fsp3) is 0.550. The minimum absolute atomic E-state index is 0.104. The highest BCUT2D eigenvalue weighted by atomic mass is 16.5. The summed E-state index contributed by atoms with van der Waals surface area (Å²) < 4.78 is 5.31. The van der Waals surface area contributed by atoms with Gasteiger partial charge >= 0.3 is 5.97 Å². The van der Waals surface area contributed by atoms with Gasteiger partial charge in [0.2, 0.25) is 0 Å². The Morgan fingerprint density at radius 1 is 1.20 bits per heavy atom. The van der Waals surface area contributed by atoms with Gasteiger partial charge in [-0.1, -0.05) is 37.0 Å². The first kappa shape index (κ1) is 19.6. The van der Waals surface area contributed by atoms with Crippen LogP contribution in [0.5, 0.6) is 0 Å². The van der Waals surface area contributed by atoms with Crippen molar-refractivity contribution < 1.29 is 24.9 Å². The van der Waals surface area contributed by atoms with Gasteiger partial charge in [0.1, 0.15) is 6.10 Å². The number of esters is 1. The number of allylic oxidation sites excluding steroid dienone is 2. The van der Waals surface area contributed by atoms with Gasteiger partial charge in [0, 0.05) is 17.4 Å². The lowest BCUT2D eigenvalue weighted by Crippen LogP contribution is -2.35. The highest BCUT2D eigenvalue weighted by Gasteiger charge is 2.38. The Hall–Kier alpha value is -1.69.